The van der Waals surface area contributed by atoms with Crippen LogP contribution in [0.4, 0.5) is 0 Å². The number of rotatable bonds is 3. The maximum absolute atomic E-state index is 12.3. The summed E-state index contributed by atoms with van der Waals surface area (Å²) in [6, 6.07) is 7.28. The van der Waals surface area contributed by atoms with Gasteiger partial charge in [0.25, 0.3) is 11.1 Å². The molecule has 1 aliphatic heterocycles. The van der Waals surface area contributed by atoms with Crippen LogP contribution in [0.2, 0.25) is 0 Å². The van der Waals surface area contributed by atoms with Gasteiger partial charge in [-0.1, -0.05) is 17.4 Å². The lowest BCUT2D eigenvalue weighted by molar-refractivity contribution is 0.0792. The Hall–Kier alpha value is -1.88. The SMILES string of the molecule is O=C(c1cccc(Oc2nccs2)c1)N1CCCC1. The van der Waals surface area contributed by atoms with E-state index in [4.69, 9.17) is 4.74 Å². The summed E-state index contributed by atoms with van der Waals surface area (Å²) in [6.45, 7) is 1.72. The van der Waals surface area contributed by atoms with Gasteiger partial charge >= 0.3 is 0 Å². The number of aromatic nitrogens is 1. The second kappa shape index (κ2) is 5.40. The molecule has 2 aromatic rings. The zero-order valence-electron chi connectivity index (χ0n) is 10.4. The van der Waals surface area contributed by atoms with E-state index in [9.17, 15) is 4.79 Å². The van der Waals surface area contributed by atoms with Crippen molar-refractivity contribution in [2.24, 2.45) is 0 Å². The number of likely N-dealkylation sites (tertiary alicyclic amines) is 1. The lowest BCUT2D eigenvalue weighted by atomic mass is 10.2. The van der Waals surface area contributed by atoms with Crippen LogP contribution in [0.1, 0.15) is 23.2 Å². The number of thiazole rings is 1. The topological polar surface area (TPSA) is 42.4 Å². The van der Waals surface area contributed by atoms with Crippen LogP contribution < -0.4 is 4.74 Å². The van der Waals surface area contributed by atoms with Crippen molar-refractivity contribution < 1.29 is 9.53 Å². The largest absolute Gasteiger partial charge is 0.431 e. The number of hydrogen-bond donors (Lipinski definition) is 0. The van der Waals surface area contributed by atoms with Crippen molar-refractivity contribution in [1.82, 2.24) is 9.88 Å². The third-order valence-corrected chi connectivity index (χ3v) is 3.74. The number of carbonyl (C=O) groups excluding carboxylic acids is 1. The zero-order chi connectivity index (χ0) is 13.1. The fourth-order valence-electron chi connectivity index (χ4n) is 2.16. The van der Waals surface area contributed by atoms with Crippen molar-refractivity contribution in [3.8, 4) is 10.9 Å². The molecule has 19 heavy (non-hydrogen) atoms. The van der Waals surface area contributed by atoms with E-state index in [0.717, 1.165) is 25.9 Å². The highest BCUT2D eigenvalue weighted by Crippen LogP contribution is 2.24. The van der Waals surface area contributed by atoms with Gasteiger partial charge in [0, 0.05) is 30.2 Å². The van der Waals surface area contributed by atoms with Gasteiger partial charge in [0.05, 0.1) is 0 Å². The molecule has 1 amide bonds. The fourth-order valence-corrected chi connectivity index (χ4v) is 2.66. The summed E-state index contributed by atoms with van der Waals surface area (Å²) in [5, 5.41) is 2.44. The average Bonchev–Trinajstić information content (AvgIpc) is 3.11. The minimum Gasteiger partial charge on any atom is -0.431 e. The van der Waals surface area contributed by atoms with E-state index in [1.165, 1.54) is 11.3 Å². The van der Waals surface area contributed by atoms with Gasteiger partial charge in [-0.2, -0.15) is 0 Å². The Morgan fingerprint density at radius 3 is 2.89 bits per heavy atom. The van der Waals surface area contributed by atoms with Gasteiger partial charge in [-0.25, -0.2) is 4.98 Å². The first-order chi connectivity index (χ1) is 9.33. The lowest BCUT2D eigenvalue weighted by Crippen LogP contribution is -2.27. The normalized spacial score (nSPS) is 14.6. The van der Waals surface area contributed by atoms with Gasteiger partial charge < -0.3 is 9.64 Å². The van der Waals surface area contributed by atoms with Gasteiger partial charge in [-0.3, -0.25) is 4.79 Å². The van der Waals surface area contributed by atoms with Gasteiger partial charge in [0.15, 0.2) is 0 Å². The maximum atomic E-state index is 12.3. The fraction of sp³-hybridized carbons (Fsp3) is 0.286. The number of ether oxygens (including phenoxy) is 1. The Morgan fingerprint density at radius 2 is 2.16 bits per heavy atom. The Balaban J connectivity index is 1.77. The third kappa shape index (κ3) is 2.76. The highest BCUT2D eigenvalue weighted by molar-refractivity contribution is 7.11. The minimum absolute atomic E-state index is 0.0853. The number of carbonyl (C=O) groups is 1. The van der Waals surface area contributed by atoms with Gasteiger partial charge in [-0.05, 0) is 31.0 Å². The molecule has 1 aliphatic rings. The molecule has 98 valence electrons. The van der Waals surface area contributed by atoms with E-state index in [1.54, 1.807) is 12.3 Å². The second-order valence-corrected chi connectivity index (χ2v) is 5.28. The van der Waals surface area contributed by atoms with E-state index in [0.29, 0.717) is 16.5 Å². The monoisotopic (exact) mass is 274 g/mol. The minimum atomic E-state index is 0.0853. The molecule has 0 unspecified atom stereocenters. The predicted octanol–water partition coefficient (Wildman–Crippen LogP) is 3.17. The lowest BCUT2D eigenvalue weighted by Gasteiger charge is -2.15. The number of amides is 1. The molecule has 0 aliphatic carbocycles. The molecule has 0 saturated carbocycles. The predicted molar refractivity (Wildman–Crippen MR) is 73.8 cm³/mol. The van der Waals surface area contributed by atoms with Gasteiger partial charge in [-0.15, -0.1) is 0 Å². The molecule has 1 aromatic carbocycles. The standard InChI is InChI=1S/C14H14N2O2S/c17-13(16-7-1-2-8-16)11-4-3-5-12(10-11)18-14-15-6-9-19-14/h3-6,9-10H,1-2,7-8H2. The summed E-state index contributed by atoms with van der Waals surface area (Å²) < 4.78 is 5.61. The summed E-state index contributed by atoms with van der Waals surface area (Å²) in [4.78, 5) is 18.2. The summed E-state index contributed by atoms with van der Waals surface area (Å²) >= 11 is 1.43. The van der Waals surface area contributed by atoms with Crippen LogP contribution in [0.25, 0.3) is 0 Å². The van der Waals surface area contributed by atoms with Crippen molar-refractivity contribution in [2.75, 3.05) is 13.1 Å². The van der Waals surface area contributed by atoms with E-state index >= 15 is 0 Å². The summed E-state index contributed by atoms with van der Waals surface area (Å²) in [5.74, 6) is 0.738. The highest BCUT2D eigenvalue weighted by atomic mass is 32.1. The van der Waals surface area contributed by atoms with E-state index in [-0.39, 0.29) is 5.91 Å². The first kappa shape index (κ1) is 12.2. The van der Waals surface area contributed by atoms with Crippen molar-refractivity contribution in [1.29, 1.82) is 0 Å². The Morgan fingerprint density at radius 1 is 1.32 bits per heavy atom. The molecular weight excluding hydrogens is 260 g/mol. The van der Waals surface area contributed by atoms with Crippen molar-refractivity contribution in [3.63, 3.8) is 0 Å². The van der Waals surface area contributed by atoms with Crippen LogP contribution in [0.3, 0.4) is 0 Å². The van der Waals surface area contributed by atoms with E-state index in [1.807, 2.05) is 28.5 Å². The molecule has 1 saturated heterocycles. The molecule has 0 bridgehead atoms. The third-order valence-electron chi connectivity index (χ3n) is 3.09. The van der Waals surface area contributed by atoms with Crippen molar-refractivity contribution in [2.45, 2.75) is 12.8 Å². The molecule has 0 N–H and O–H groups in total. The van der Waals surface area contributed by atoms with E-state index < -0.39 is 0 Å². The van der Waals surface area contributed by atoms with Crippen LogP contribution in [0.15, 0.2) is 35.8 Å². The number of benzene rings is 1. The maximum Gasteiger partial charge on any atom is 0.278 e. The molecule has 4 nitrogen and oxygen atoms in total. The quantitative estimate of drug-likeness (QED) is 0.863. The smallest absolute Gasteiger partial charge is 0.278 e. The molecule has 0 atom stereocenters. The first-order valence-electron chi connectivity index (χ1n) is 6.29. The molecule has 5 heteroatoms. The van der Waals surface area contributed by atoms with Crippen LogP contribution in [0.5, 0.6) is 10.9 Å². The van der Waals surface area contributed by atoms with Crippen LogP contribution in [0, 0.1) is 0 Å². The molecule has 0 spiro atoms. The molecule has 2 heterocycles. The Labute approximate surface area is 115 Å². The van der Waals surface area contributed by atoms with Crippen molar-refractivity contribution >= 4 is 17.2 Å². The molecule has 1 fully saturated rings. The molecular formula is C14H14N2O2S. The van der Waals surface area contributed by atoms with Crippen molar-refractivity contribution in [3.05, 3.63) is 41.4 Å². The summed E-state index contributed by atoms with van der Waals surface area (Å²) in [6.07, 6.45) is 3.89. The second-order valence-electron chi connectivity index (χ2n) is 4.43. The van der Waals surface area contributed by atoms with Crippen LogP contribution in [-0.2, 0) is 0 Å². The molecule has 0 radical (unpaired) electrons. The molecule has 3 rings (SSSR count). The highest BCUT2D eigenvalue weighted by Gasteiger charge is 2.19. The zero-order valence-corrected chi connectivity index (χ0v) is 11.2. The van der Waals surface area contributed by atoms with Crippen LogP contribution >= 0.6 is 11.3 Å². The summed E-state index contributed by atoms with van der Waals surface area (Å²) in [5.41, 5.74) is 0.677. The molecule has 1 aromatic heterocycles. The Bertz CT molecular complexity index is 563. The van der Waals surface area contributed by atoms with Gasteiger partial charge in [0.1, 0.15) is 5.75 Å². The number of nitrogens with zero attached hydrogens (tertiary/aromatic N) is 2. The van der Waals surface area contributed by atoms with Gasteiger partial charge in [0.2, 0.25) is 0 Å². The Kier molecular flexibility index (Phi) is 3.46. The van der Waals surface area contributed by atoms with Crippen LogP contribution in [-0.4, -0.2) is 28.9 Å². The first-order valence-corrected chi connectivity index (χ1v) is 7.17. The van der Waals surface area contributed by atoms with E-state index in [2.05, 4.69) is 4.98 Å². The number of hydrogen-bond acceptors (Lipinski definition) is 4. The average molecular weight is 274 g/mol. The summed E-state index contributed by atoms with van der Waals surface area (Å²) in [7, 11) is 0.